The molecule has 0 amide bonds. The van der Waals surface area contributed by atoms with Gasteiger partial charge < -0.3 is 4.74 Å². The molecule has 0 bridgehead atoms. The number of allylic oxidation sites excluding steroid dienone is 3. The maximum Gasteiger partial charge on any atom is 0.166 e. The topological polar surface area (TPSA) is 39.2 Å². The van der Waals surface area contributed by atoms with Crippen LogP contribution in [0.5, 0.6) is 0 Å². The Labute approximate surface area is 171 Å². The van der Waals surface area contributed by atoms with Crippen molar-refractivity contribution in [3.05, 3.63) is 65.2 Å². The van der Waals surface area contributed by atoms with Crippen molar-refractivity contribution >= 4 is 16.6 Å². The number of carbonyl (C=O) groups is 1. The molecule has 0 N–H and O–H groups in total. The van der Waals surface area contributed by atoms with Crippen LogP contribution in [0.3, 0.4) is 0 Å². The summed E-state index contributed by atoms with van der Waals surface area (Å²) >= 11 is 0. The van der Waals surface area contributed by atoms with Gasteiger partial charge in [-0.2, -0.15) is 0 Å². The van der Waals surface area contributed by atoms with Gasteiger partial charge in [0.05, 0.1) is 5.57 Å². The number of rotatable bonds is 1. The molecule has 3 heteroatoms. The highest BCUT2D eigenvalue weighted by atomic mass is 16.5. The highest BCUT2D eigenvalue weighted by molar-refractivity contribution is 5.99. The molecule has 0 spiro atoms. The van der Waals surface area contributed by atoms with E-state index in [9.17, 15) is 4.79 Å². The van der Waals surface area contributed by atoms with Crippen LogP contribution in [-0.2, 0) is 9.53 Å². The fourth-order valence-corrected chi connectivity index (χ4v) is 6.57. The Morgan fingerprint density at radius 2 is 2.03 bits per heavy atom. The van der Waals surface area contributed by atoms with Gasteiger partial charge in [-0.25, -0.2) is 0 Å². The molecule has 0 radical (unpaired) electrons. The first-order valence-electron chi connectivity index (χ1n) is 11.1. The van der Waals surface area contributed by atoms with Gasteiger partial charge in [0.2, 0.25) is 0 Å². The second-order valence-electron chi connectivity index (χ2n) is 9.60. The molecule has 3 unspecified atom stereocenters. The SMILES string of the molecule is CC12CCC3=CC4=C(CCCC4=O)OC3[C@@H]1CCC2c1ccc2ccncc2c1. The van der Waals surface area contributed by atoms with Crippen molar-refractivity contribution in [3.63, 3.8) is 0 Å². The van der Waals surface area contributed by atoms with Crippen molar-refractivity contribution in [2.45, 2.75) is 63.9 Å². The van der Waals surface area contributed by atoms with Crippen molar-refractivity contribution in [3.8, 4) is 0 Å². The largest absolute Gasteiger partial charge is 0.489 e. The number of ether oxygens (including phenoxy) is 1. The molecular formula is C26H27NO2. The number of pyridine rings is 1. The van der Waals surface area contributed by atoms with Crippen LogP contribution in [0.2, 0.25) is 0 Å². The molecule has 3 aliphatic carbocycles. The first-order chi connectivity index (χ1) is 14.1. The molecular weight excluding hydrogens is 358 g/mol. The van der Waals surface area contributed by atoms with Crippen LogP contribution in [0.1, 0.15) is 63.4 Å². The van der Waals surface area contributed by atoms with E-state index in [2.05, 4.69) is 42.2 Å². The lowest BCUT2D eigenvalue weighted by molar-refractivity contribution is -0.116. The van der Waals surface area contributed by atoms with Gasteiger partial charge in [0.15, 0.2) is 5.78 Å². The number of nitrogens with zero attached hydrogens (tertiary/aromatic N) is 1. The summed E-state index contributed by atoms with van der Waals surface area (Å²) in [6.07, 6.45) is 13.4. The fourth-order valence-electron chi connectivity index (χ4n) is 6.57. The molecule has 4 aliphatic rings. The van der Waals surface area contributed by atoms with Crippen LogP contribution in [0.25, 0.3) is 10.8 Å². The van der Waals surface area contributed by atoms with Gasteiger partial charge in [-0.05, 0) is 78.2 Å². The quantitative estimate of drug-likeness (QED) is 0.617. The molecule has 2 saturated carbocycles. The molecule has 1 aromatic heterocycles. The summed E-state index contributed by atoms with van der Waals surface area (Å²) in [6, 6.07) is 9.02. The molecule has 6 rings (SSSR count). The first kappa shape index (κ1) is 17.4. The third-order valence-electron chi connectivity index (χ3n) is 8.17. The number of ketones is 1. The third kappa shape index (κ3) is 2.56. The predicted molar refractivity (Wildman–Crippen MR) is 113 cm³/mol. The van der Waals surface area contributed by atoms with Crippen LogP contribution >= 0.6 is 0 Å². The van der Waals surface area contributed by atoms with E-state index < -0.39 is 0 Å². The Kier molecular flexibility index (Phi) is 3.78. The van der Waals surface area contributed by atoms with Crippen LogP contribution in [0.15, 0.2) is 59.6 Å². The van der Waals surface area contributed by atoms with E-state index >= 15 is 0 Å². The first-order valence-corrected chi connectivity index (χ1v) is 11.1. The summed E-state index contributed by atoms with van der Waals surface area (Å²) in [5, 5.41) is 2.49. The van der Waals surface area contributed by atoms with Crippen molar-refractivity contribution in [1.29, 1.82) is 0 Å². The van der Waals surface area contributed by atoms with Crippen LogP contribution in [-0.4, -0.2) is 16.9 Å². The minimum absolute atomic E-state index is 0.172. The summed E-state index contributed by atoms with van der Waals surface area (Å²) < 4.78 is 6.58. The lowest BCUT2D eigenvalue weighted by Crippen LogP contribution is -2.43. The second-order valence-corrected chi connectivity index (χ2v) is 9.60. The van der Waals surface area contributed by atoms with Gasteiger partial charge in [0.25, 0.3) is 0 Å². The number of benzene rings is 1. The van der Waals surface area contributed by atoms with Gasteiger partial charge in [0, 0.05) is 36.5 Å². The fraction of sp³-hybridized carbons (Fsp3) is 0.462. The van der Waals surface area contributed by atoms with Gasteiger partial charge in [0.1, 0.15) is 11.9 Å². The van der Waals surface area contributed by atoms with E-state index in [1.807, 2.05) is 12.4 Å². The predicted octanol–water partition coefficient (Wildman–Crippen LogP) is 5.86. The average molecular weight is 386 g/mol. The number of carbonyl (C=O) groups excluding carboxylic acids is 1. The van der Waals surface area contributed by atoms with Gasteiger partial charge in [-0.15, -0.1) is 0 Å². The second kappa shape index (κ2) is 6.29. The molecule has 1 aromatic carbocycles. The molecule has 1 aliphatic heterocycles. The van der Waals surface area contributed by atoms with E-state index in [1.54, 1.807) is 0 Å². The molecule has 2 heterocycles. The maximum atomic E-state index is 12.4. The minimum atomic E-state index is 0.172. The Hall–Kier alpha value is -2.42. The summed E-state index contributed by atoms with van der Waals surface area (Å²) in [5.74, 6) is 2.34. The summed E-state index contributed by atoms with van der Waals surface area (Å²) in [4.78, 5) is 16.7. The lowest BCUT2D eigenvalue weighted by Gasteiger charge is -2.48. The van der Waals surface area contributed by atoms with E-state index in [-0.39, 0.29) is 17.3 Å². The smallest absolute Gasteiger partial charge is 0.166 e. The highest BCUT2D eigenvalue weighted by Crippen LogP contribution is 2.62. The van der Waals surface area contributed by atoms with Gasteiger partial charge >= 0.3 is 0 Å². The number of Topliss-reactive ketones (excluding diaryl/α,β-unsaturated/α-hetero) is 1. The Bertz CT molecular complexity index is 1080. The summed E-state index contributed by atoms with van der Waals surface area (Å²) in [7, 11) is 0. The van der Waals surface area contributed by atoms with Gasteiger partial charge in [-0.3, -0.25) is 9.78 Å². The van der Waals surface area contributed by atoms with Crippen LogP contribution in [0, 0.1) is 11.3 Å². The van der Waals surface area contributed by atoms with Crippen molar-refractivity contribution < 1.29 is 9.53 Å². The Balaban J connectivity index is 1.34. The zero-order chi connectivity index (χ0) is 19.6. The zero-order valence-electron chi connectivity index (χ0n) is 17.0. The molecule has 0 saturated heterocycles. The number of aromatic nitrogens is 1. The summed E-state index contributed by atoms with van der Waals surface area (Å²) in [5.41, 5.74) is 3.94. The van der Waals surface area contributed by atoms with Crippen molar-refractivity contribution in [1.82, 2.24) is 4.98 Å². The molecule has 29 heavy (non-hydrogen) atoms. The third-order valence-corrected chi connectivity index (χ3v) is 8.17. The number of hydrogen-bond donors (Lipinski definition) is 0. The molecule has 148 valence electrons. The Morgan fingerprint density at radius 1 is 1.10 bits per heavy atom. The molecule has 2 aromatic rings. The normalized spacial score (nSPS) is 33.6. The van der Waals surface area contributed by atoms with Crippen molar-refractivity contribution in [2.24, 2.45) is 11.3 Å². The number of hydrogen-bond acceptors (Lipinski definition) is 3. The molecule has 2 fully saturated rings. The molecule has 4 atom stereocenters. The summed E-state index contributed by atoms with van der Waals surface area (Å²) in [6.45, 7) is 2.48. The number of fused-ring (bicyclic) bond motifs is 4. The monoisotopic (exact) mass is 385 g/mol. The lowest BCUT2D eigenvalue weighted by atomic mass is 9.61. The van der Waals surface area contributed by atoms with E-state index in [0.717, 1.165) is 30.6 Å². The van der Waals surface area contributed by atoms with E-state index in [4.69, 9.17) is 4.74 Å². The van der Waals surface area contributed by atoms with E-state index in [1.165, 1.54) is 41.2 Å². The van der Waals surface area contributed by atoms with E-state index in [0.29, 0.717) is 18.3 Å². The zero-order valence-corrected chi connectivity index (χ0v) is 17.0. The van der Waals surface area contributed by atoms with Crippen LogP contribution in [0.4, 0.5) is 0 Å². The minimum Gasteiger partial charge on any atom is -0.489 e. The highest BCUT2D eigenvalue weighted by Gasteiger charge is 2.54. The maximum absolute atomic E-state index is 12.4. The molecule has 3 nitrogen and oxygen atoms in total. The van der Waals surface area contributed by atoms with Crippen LogP contribution < -0.4 is 0 Å². The van der Waals surface area contributed by atoms with Crippen molar-refractivity contribution in [2.75, 3.05) is 0 Å². The standard InChI is InChI=1S/C26H27NO2/c1-26-11-9-18-14-20-23(28)3-2-4-24(20)29-25(18)22(26)8-7-21(26)17-6-5-16-10-12-27-15-19(16)13-17/h5-6,10,12-15,21-22,25H,2-4,7-9,11H2,1H3/t21?,22-,25?,26?/m0/s1. The van der Waals surface area contributed by atoms with Gasteiger partial charge in [-0.1, -0.05) is 19.1 Å². The Morgan fingerprint density at radius 3 is 2.97 bits per heavy atom. The average Bonchev–Trinajstić information content (AvgIpc) is 3.10.